The molecule has 1 heterocycles. The second-order valence-corrected chi connectivity index (χ2v) is 14.2. The van der Waals surface area contributed by atoms with Crippen LogP contribution in [0.3, 0.4) is 0 Å². The van der Waals surface area contributed by atoms with Crippen molar-refractivity contribution in [3.05, 3.63) is 149 Å². The number of aryl methyl sites for hydroxylation is 1. The second kappa shape index (κ2) is 22.1. The maximum absolute atomic E-state index is 13.0. The van der Waals surface area contributed by atoms with Crippen molar-refractivity contribution in [2.24, 2.45) is 5.73 Å². The molecule has 4 unspecified atom stereocenters. The summed E-state index contributed by atoms with van der Waals surface area (Å²) >= 11 is 0. The fraction of sp³-hybridized carbons (Fsp3) is 0.261. The van der Waals surface area contributed by atoms with E-state index in [-0.39, 0.29) is 35.7 Å². The molecule has 0 fully saturated rings. The van der Waals surface area contributed by atoms with Crippen molar-refractivity contribution in [1.29, 1.82) is 0 Å². The Hall–Kier alpha value is -7.02. The summed E-state index contributed by atoms with van der Waals surface area (Å²) in [5, 5.41) is 12.7. The van der Waals surface area contributed by atoms with E-state index in [1.54, 1.807) is 42.7 Å². The molecule has 59 heavy (non-hydrogen) atoms. The highest BCUT2D eigenvalue weighted by Crippen LogP contribution is 2.21. The number of benzene rings is 4. The molecule has 6 N–H and O–H groups in total. The van der Waals surface area contributed by atoms with Crippen LogP contribution >= 0.6 is 0 Å². The van der Waals surface area contributed by atoms with Gasteiger partial charge in [-0.05, 0) is 78.4 Å². The summed E-state index contributed by atoms with van der Waals surface area (Å²) in [7, 11) is 0. The van der Waals surface area contributed by atoms with Crippen molar-refractivity contribution in [2.45, 2.75) is 77.5 Å². The number of carbonyl (C=O) groups is 7. The number of nitrogens with two attached hydrogens (primary N) is 1. The number of hydrogen-bond donors (Lipinski definition) is 5. The Kier molecular flexibility index (Phi) is 16.7. The molecule has 13 heteroatoms. The molecule has 0 aliphatic rings. The van der Waals surface area contributed by atoms with Gasteiger partial charge < -0.3 is 27.0 Å². The van der Waals surface area contributed by atoms with Crippen molar-refractivity contribution in [2.75, 3.05) is 0 Å². The van der Waals surface area contributed by atoms with Gasteiger partial charge in [0.2, 0.25) is 29.5 Å². The van der Waals surface area contributed by atoms with E-state index in [9.17, 15) is 33.6 Å². The van der Waals surface area contributed by atoms with Crippen molar-refractivity contribution in [1.82, 2.24) is 26.3 Å². The number of rotatable bonds is 17. The van der Waals surface area contributed by atoms with Crippen LogP contribution in [0, 0.1) is 0 Å². The molecule has 0 spiro atoms. The highest BCUT2D eigenvalue weighted by molar-refractivity contribution is 5.94. The predicted molar refractivity (Wildman–Crippen MR) is 224 cm³/mol. The van der Waals surface area contributed by atoms with E-state index in [1.165, 1.54) is 27.7 Å². The first-order valence-electron chi connectivity index (χ1n) is 19.1. The molecule has 5 rings (SSSR count). The summed E-state index contributed by atoms with van der Waals surface area (Å²) in [6.07, 6.45) is 4.87. The molecule has 0 saturated carbocycles. The van der Waals surface area contributed by atoms with Gasteiger partial charge in [0, 0.05) is 38.0 Å². The number of nitrogens with one attached hydrogen (secondary N) is 4. The van der Waals surface area contributed by atoms with Gasteiger partial charge in [-0.25, -0.2) is 0 Å². The summed E-state index contributed by atoms with van der Waals surface area (Å²) in [6.45, 7) is 5.56. The predicted octanol–water partition coefficient (Wildman–Crippen LogP) is 4.33. The summed E-state index contributed by atoms with van der Waals surface area (Å²) in [5.41, 5.74) is 9.14. The Balaban J connectivity index is 0.000000261. The van der Waals surface area contributed by atoms with Gasteiger partial charge in [0.05, 0.1) is 12.1 Å². The average Bonchev–Trinajstić information content (AvgIpc) is 3.21. The fourth-order valence-electron chi connectivity index (χ4n) is 6.24. The zero-order valence-corrected chi connectivity index (χ0v) is 33.6. The van der Waals surface area contributed by atoms with E-state index in [0.29, 0.717) is 30.4 Å². The zero-order valence-electron chi connectivity index (χ0n) is 33.6. The minimum atomic E-state index is -0.940. The Morgan fingerprint density at radius 2 is 1.02 bits per heavy atom. The second-order valence-electron chi connectivity index (χ2n) is 14.2. The Bertz CT molecular complexity index is 2250. The van der Waals surface area contributed by atoms with E-state index >= 15 is 0 Å². The number of ketones is 2. The maximum atomic E-state index is 13.0. The van der Waals surface area contributed by atoms with Crippen LogP contribution in [0.5, 0.6) is 0 Å². The van der Waals surface area contributed by atoms with Gasteiger partial charge in [-0.15, -0.1) is 0 Å². The van der Waals surface area contributed by atoms with Gasteiger partial charge in [-0.2, -0.15) is 0 Å². The summed E-state index contributed by atoms with van der Waals surface area (Å²) in [4.78, 5) is 88.7. The van der Waals surface area contributed by atoms with Crippen molar-refractivity contribution >= 4 is 51.9 Å². The highest BCUT2D eigenvalue weighted by Gasteiger charge is 2.28. The molecule has 0 aliphatic carbocycles. The number of nitrogens with zero attached hydrogens (tertiary/aromatic N) is 1. The molecular formula is C46H50N6O7. The van der Waals surface area contributed by atoms with Crippen LogP contribution in [-0.4, -0.2) is 58.2 Å². The first-order valence-corrected chi connectivity index (χ1v) is 19.1. The number of amides is 5. The van der Waals surface area contributed by atoms with Crippen molar-refractivity contribution in [3.8, 4) is 0 Å². The molecule has 4 aromatic carbocycles. The number of fused-ring (bicyclic) bond motifs is 1. The highest BCUT2D eigenvalue weighted by atomic mass is 16.2. The van der Waals surface area contributed by atoms with Crippen LogP contribution in [0.15, 0.2) is 122 Å². The lowest BCUT2D eigenvalue weighted by Gasteiger charge is -2.22. The Labute approximate surface area is 343 Å². The number of pyridine rings is 1. The zero-order chi connectivity index (χ0) is 42.9. The smallest absolute Gasteiger partial charge is 0.247 e. The molecule has 5 aromatic rings. The standard InChI is InChI=1S/C23H27N3O4.C23H23N3O3/c1-15(27)20(14-18-6-4-3-5-7-18)26-23(30)22(25-16(2)28)19-11-8-17(9-12-19)10-13-21(24)29;1-15(27)21(12-17-6-4-3-5-7-17)26-23(29)22(25-16(2)28)19-9-8-18-10-11-24-14-20(18)13-19/h3-9,11-12,20,22H,10,13-14H2,1-2H3,(H2,24,29)(H,25,28)(H,26,30);3-11,13-14,21-22H,12H2,1-2H3,(H,25,28)(H,26,29). The molecule has 5 amide bonds. The fourth-order valence-corrected chi connectivity index (χ4v) is 6.24. The van der Waals surface area contributed by atoms with Crippen LogP contribution in [-0.2, 0) is 52.8 Å². The molecular weight excluding hydrogens is 749 g/mol. The van der Waals surface area contributed by atoms with Gasteiger partial charge in [-0.3, -0.25) is 38.5 Å². The number of hydrogen-bond acceptors (Lipinski definition) is 8. The SMILES string of the molecule is CC(=O)NC(C(=O)NC(Cc1ccccc1)C(C)=O)c1ccc(CCC(N)=O)cc1.CC(=O)NC(C(=O)NC(Cc1ccccc1)C(C)=O)c1ccc2ccncc2c1. The lowest BCUT2D eigenvalue weighted by Crippen LogP contribution is -2.47. The molecule has 0 aliphatic heterocycles. The molecule has 13 nitrogen and oxygen atoms in total. The summed E-state index contributed by atoms with van der Waals surface area (Å²) < 4.78 is 0. The third-order valence-corrected chi connectivity index (χ3v) is 9.37. The quantitative estimate of drug-likeness (QED) is 0.0914. The number of Topliss-reactive ketones (excluding diaryl/α,β-unsaturated/α-hetero) is 2. The number of carbonyl (C=O) groups excluding carboxylic acids is 7. The molecule has 0 radical (unpaired) electrons. The van der Waals surface area contributed by atoms with Crippen LogP contribution in [0.1, 0.15) is 74.0 Å². The summed E-state index contributed by atoms with van der Waals surface area (Å²) in [5.74, 6) is -2.30. The molecule has 0 saturated heterocycles. The molecule has 306 valence electrons. The number of primary amides is 1. The van der Waals surface area contributed by atoms with Crippen LogP contribution < -0.4 is 27.0 Å². The van der Waals surface area contributed by atoms with Crippen molar-refractivity contribution in [3.63, 3.8) is 0 Å². The number of aromatic nitrogens is 1. The van der Waals surface area contributed by atoms with E-state index < -0.39 is 36.0 Å². The molecule has 1 aromatic heterocycles. The van der Waals surface area contributed by atoms with Crippen LogP contribution in [0.4, 0.5) is 0 Å². The molecule has 0 bridgehead atoms. The third kappa shape index (κ3) is 14.5. The van der Waals surface area contributed by atoms with E-state index in [4.69, 9.17) is 5.73 Å². The lowest BCUT2D eigenvalue weighted by atomic mass is 9.99. The van der Waals surface area contributed by atoms with Gasteiger partial charge in [0.25, 0.3) is 0 Å². The minimum absolute atomic E-state index is 0.147. The largest absolute Gasteiger partial charge is 0.370 e. The van der Waals surface area contributed by atoms with Gasteiger partial charge >= 0.3 is 0 Å². The lowest BCUT2D eigenvalue weighted by molar-refractivity contribution is -0.130. The maximum Gasteiger partial charge on any atom is 0.247 e. The van der Waals surface area contributed by atoms with E-state index in [0.717, 1.165) is 27.5 Å². The first kappa shape index (κ1) is 44.7. The Morgan fingerprint density at radius 3 is 1.47 bits per heavy atom. The minimum Gasteiger partial charge on any atom is -0.370 e. The topological polar surface area (TPSA) is 207 Å². The van der Waals surface area contributed by atoms with Crippen LogP contribution in [0.2, 0.25) is 0 Å². The van der Waals surface area contributed by atoms with Gasteiger partial charge in [0.15, 0.2) is 11.6 Å². The van der Waals surface area contributed by atoms with Crippen LogP contribution in [0.25, 0.3) is 10.8 Å². The Morgan fingerprint density at radius 1 is 0.542 bits per heavy atom. The van der Waals surface area contributed by atoms with Gasteiger partial charge in [-0.1, -0.05) is 97.1 Å². The molecule has 4 atom stereocenters. The van der Waals surface area contributed by atoms with E-state index in [2.05, 4.69) is 26.3 Å². The monoisotopic (exact) mass is 798 g/mol. The van der Waals surface area contributed by atoms with Gasteiger partial charge in [0.1, 0.15) is 12.1 Å². The average molecular weight is 799 g/mol. The third-order valence-electron chi connectivity index (χ3n) is 9.37. The summed E-state index contributed by atoms with van der Waals surface area (Å²) in [6, 6.07) is 30.0. The first-order chi connectivity index (χ1) is 28.2. The van der Waals surface area contributed by atoms with E-state index in [1.807, 2.05) is 78.9 Å². The van der Waals surface area contributed by atoms with Crippen molar-refractivity contribution < 1.29 is 33.6 Å². The normalized spacial score (nSPS) is 12.6.